The van der Waals surface area contributed by atoms with Gasteiger partial charge in [0, 0.05) is 5.92 Å². The molecule has 1 aliphatic heterocycles. The fraction of sp³-hybridized carbons (Fsp3) is 0.625. The number of ether oxygens (including phenoxy) is 1. The highest BCUT2D eigenvalue weighted by molar-refractivity contribution is 5.76. The van der Waals surface area contributed by atoms with Crippen molar-refractivity contribution in [2.24, 2.45) is 11.8 Å². The van der Waals surface area contributed by atoms with Crippen molar-refractivity contribution in [3.05, 3.63) is 12.7 Å². The molecule has 0 radical (unpaired) electrons. The Labute approximate surface area is 60.9 Å². The van der Waals surface area contributed by atoms with Gasteiger partial charge in [0.25, 0.3) is 0 Å². The van der Waals surface area contributed by atoms with Gasteiger partial charge in [-0.2, -0.15) is 0 Å². The highest BCUT2D eigenvalue weighted by atomic mass is 16.6. The highest BCUT2D eigenvalue weighted by Crippen LogP contribution is 2.27. The largest absolute Gasteiger partial charge is 0.462 e. The maximum absolute atomic E-state index is 10.9. The summed E-state index contributed by atoms with van der Waals surface area (Å²) in [6.07, 6.45) is 1.71. The smallest absolute Gasteiger partial charge is 0.313 e. The molecule has 2 heteroatoms. The van der Waals surface area contributed by atoms with Crippen molar-refractivity contribution in [1.29, 1.82) is 0 Å². The summed E-state index contributed by atoms with van der Waals surface area (Å²) in [5.74, 6) is 0.0648. The van der Waals surface area contributed by atoms with E-state index in [0.29, 0.717) is 0 Å². The standard InChI is InChI=1S/C8H12O2/c1-4-7-5(2)6(3)10-8(7)9/h4-7H,1H2,2-3H3. The fourth-order valence-electron chi connectivity index (χ4n) is 1.19. The lowest BCUT2D eigenvalue weighted by atomic mass is 9.93. The van der Waals surface area contributed by atoms with Crippen LogP contribution in [0.2, 0.25) is 0 Å². The number of carbonyl (C=O) groups excluding carboxylic acids is 1. The van der Waals surface area contributed by atoms with Crippen LogP contribution in [0.4, 0.5) is 0 Å². The molecular weight excluding hydrogens is 128 g/mol. The molecule has 10 heavy (non-hydrogen) atoms. The van der Waals surface area contributed by atoms with Gasteiger partial charge in [-0.25, -0.2) is 0 Å². The summed E-state index contributed by atoms with van der Waals surface area (Å²) in [7, 11) is 0. The molecule has 1 aliphatic rings. The topological polar surface area (TPSA) is 26.3 Å². The molecule has 56 valence electrons. The first-order chi connectivity index (χ1) is 4.66. The summed E-state index contributed by atoms with van der Waals surface area (Å²) in [5.41, 5.74) is 0. The lowest BCUT2D eigenvalue weighted by Crippen LogP contribution is -2.12. The maximum atomic E-state index is 10.9. The molecule has 1 fully saturated rings. The van der Waals surface area contributed by atoms with Crippen molar-refractivity contribution >= 4 is 5.97 Å². The third-order valence-corrected chi connectivity index (χ3v) is 2.14. The van der Waals surface area contributed by atoms with Crippen LogP contribution < -0.4 is 0 Å². The highest BCUT2D eigenvalue weighted by Gasteiger charge is 2.36. The Morgan fingerprint density at radius 2 is 2.20 bits per heavy atom. The first kappa shape index (κ1) is 7.32. The summed E-state index contributed by atoms with van der Waals surface area (Å²) in [6.45, 7) is 7.49. The number of cyclic esters (lactones) is 1. The van der Waals surface area contributed by atoms with Gasteiger partial charge in [-0.15, -0.1) is 6.58 Å². The minimum atomic E-state index is -0.130. The van der Waals surface area contributed by atoms with E-state index < -0.39 is 0 Å². The molecule has 1 saturated heterocycles. The summed E-state index contributed by atoms with van der Waals surface area (Å²) in [4.78, 5) is 10.9. The fourth-order valence-corrected chi connectivity index (χ4v) is 1.19. The van der Waals surface area contributed by atoms with Gasteiger partial charge in [-0.1, -0.05) is 13.0 Å². The van der Waals surface area contributed by atoms with Gasteiger partial charge in [-0.3, -0.25) is 4.79 Å². The molecule has 2 nitrogen and oxygen atoms in total. The maximum Gasteiger partial charge on any atom is 0.313 e. The molecule has 0 aliphatic carbocycles. The molecule has 3 unspecified atom stereocenters. The number of esters is 1. The van der Waals surface area contributed by atoms with Crippen molar-refractivity contribution < 1.29 is 9.53 Å². The molecule has 0 aromatic carbocycles. The number of hydrogen-bond acceptors (Lipinski definition) is 2. The summed E-state index contributed by atoms with van der Waals surface area (Å²) in [6, 6.07) is 0. The number of hydrogen-bond donors (Lipinski definition) is 0. The molecule has 0 N–H and O–H groups in total. The van der Waals surface area contributed by atoms with Gasteiger partial charge in [0.1, 0.15) is 6.10 Å². The molecule has 0 bridgehead atoms. The Morgan fingerprint density at radius 1 is 1.60 bits per heavy atom. The van der Waals surface area contributed by atoms with E-state index in [0.717, 1.165) is 0 Å². The zero-order valence-electron chi connectivity index (χ0n) is 6.33. The molecule has 0 spiro atoms. The van der Waals surface area contributed by atoms with Crippen molar-refractivity contribution in [2.45, 2.75) is 20.0 Å². The Bertz CT molecular complexity index is 163. The Morgan fingerprint density at radius 3 is 2.40 bits per heavy atom. The Balaban J connectivity index is 2.73. The lowest BCUT2D eigenvalue weighted by Gasteiger charge is -2.07. The van der Waals surface area contributed by atoms with Crippen LogP contribution in [0.5, 0.6) is 0 Å². The van der Waals surface area contributed by atoms with E-state index in [1.807, 2.05) is 13.8 Å². The molecule has 3 atom stereocenters. The van der Waals surface area contributed by atoms with Crippen LogP contribution in [-0.2, 0) is 9.53 Å². The van der Waals surface area contributed by atoms with E-state index in [1.165, 1.54) is 0 Å². The van der Waals surface area contributed by atoms with Gasteiger partial charge >= 0.3 is 5.97 Å². The third-order valence-electron chi connectivity index (χ3n) is 2.14. The average molecular weight is 140 g/mol. The Kier molecular flexibility index (Phi) is 1.79. The molecule has 1 heterocycles. The van der Waals surface area contributed by atoms with Gasteiger partial charge in [-0.05, 0) is 6.92 Å². The number of rotatable bonds is 1. The van der Waals surface area contributed by atoms with Gasteiger partial charge in [0.2, 0.25) is 0 Å². The van der Waals surface area contributed by atoms with Crippen LogP contribution in [0.3, 0.4) is 0 Å². The van der Waals surface area contributed by atoms with Crippen molar-refractivity contribution in [3.8, 4) is 0 Å². The normalized spacial score (nSPS) is 39.4. The van der Waals surface area contributed by atoms with Crippen molar-refractivity contribution in [3.63, 3.8) is 0 Å². The first-order valence-corrected chi connectivity index (χ1v) is 3.50. The van der Waals surface area contributed by atoms with Crippen LogP contribution in [0.25, 0.3) is 0 Å². The van der Waals surface area contributed by atoms with E-state index in [2.05, 4.69) is 6.58 Å². The quantitative estimate of drug-likeness (QED) is 0.406. The molecule has 1 rings (SSSR count). The third kappa shape index (κ3) is 0.939. The Hall–Kier alpha value is -0.790. The molecule has 0 amide bonds. The average Bonchev–Trinajstić information content (AvgIpc) is 2.09. The van der Waals surface area contributed by atoms with E-state index in [1.54, 1.807) is 6.08 Å². The predicted molar refractivity (Wildman–Crippen MR) is 38.4 cm³/mol. The van der Waals surface area contributed by atoms with E-state index in [4.69, 9.17) is 4.74 Å². The molecule has 0 aromatic rings. The van der Waals surface area contributed by atoms with E-state index >= 15 is 0 Å². The van der Waals surface area contributed by atoms with Gasteiger partial charge in [0.15, 0.2) is 0 Å². The van der Waals surface area contributed by atoms with Crippen LogP contribution in [0, 0.1) is 11.8 Å². The van der Waals surface area contributed by atoms with Gasteiger partial charge < -0.3 is 4.74 Å². The second kappa shape index (κ2) is 2.45. The van der Waals surface area contributed by atoms with Crippen molar-refractivity contribution in [2.75, 3.05) is 0 Å². The first-order valence-electron chi connectivity index (χ1n) is 3.50. The molecule has 0 saturated carbocycles. The zero-order valence-corrected chi connectivity index (χ0v) is 6.33. The summed E-state index contributed by atoms with van der Waals surface area (Å²) in [5, 5.41) is 0. The second-order valence-electron chi connectivity index (χ2n) is 2.76. The zero-order chi connectivity index (χ0) is 7.72. The van der Waals surface area contributed by atoms with Gasteiger partial charge in [0.05, 0.1) is 5.92 Å². The lowest BCUT2D eigenvalue weighted by molar-refractivity contribution is -0.142. The SMILES string of the molecule is C=CC1C(=O)OC(C)C1C. The minimum absolute atomic E-state index is 0.0514. The van der Waals surface area contributed by atoms with E-state index in [-0.39, 0.29) is 23.9 Å². The summed E-state index contributed by atoms with van der Waals surface area (Å²) < 4.78 is 4.97. The molecular formula is C8H12O2. The van der Waals surface area contributed by atoms with Crippen LogP contribution >= 0.6 is 0 Å². The van der Waals surface area contributed by atoms with Crippen molar-refractivity contribution in [1.82, 2.24) is 0 Å². The van der Waals surface area contributed by atoms with Crippen LogP contribution in [-0.4, -0.2) is 12.1 Å². The molecule has 0 aromatic heterocycles. The van der Waals surface area contributed by atoms with E-state index in [9.17, 15) is 4.79 Å². The summed E-state index contributed by atoms with van der Waals surface area (Å²) >= 11 is 0. The van der Waals surface area contributed by atoms with Crippen LogP contribution in [0.15, 0.2) is 12.7 Å². The number of carbonyl (C=O) groups is 1. The van der Waals surface area contributed by atoms with Crippen LogP contribution in [0.1, 0.15) is 13.8 Å². The predicted octanol–water partition coefficient (Wildman–Crippen LogP) is 1.37. The second-order valence-corrected chi connectivity index (χ2v) is 2.76. The monoisotopic (exact) mass is 140 g/mol. The minimum Gasteiger partial charge on any atom is -0.462 e.